The molecule has 1 aromatic carbocycles. The number of carbonyl (C=O) groups excluding carboxylic acids is 2. The smallest absolute Gasteiger partial charge is 0.254 e. The lowest BCUT2D eigenvalue weighted by Crippen LogP contribution is -2.40. The van der Waals surface area contributed by atoms with Crippen LogP contribution in [0.15, 0.2) is 12.1 Å². The molecule has 1 heterocycles. The number of hydrogen-bond donors (Lipinski definition) is 0. The molecule has 0 unspecified atom stereocenters. The average molecular weight is 245 g/mol. The minimum atomic E-state index is -0.00181. The van der Waals surface area contributed by atoms with Crippen molar-refractivity contribution in [2.24, 2.45) is 0 Å². The Kier molecular flexibility index (Phi) is 3.50. The van der Waals surface area contributed by atoms with Crippen molar-refractivity contribution in [3.63, 3.8) is 0 Å². The highest BCUT2D eigenvalue weighted by Crippen LogP contribution is 2.20. The molecule has 2 rings (SSSR count). The molecular formula is C15H19NO2. The molecule has 0 N–H and O–H groups in total. The Bertz CT molecular complexity index is 482. The maximum Gasteiger partial charge on any atom is 0.254 e. The molecule has 1 saturated heterocycles. The molecule has 1 amide bonds. The Balaban J connectivity index is 2.31. The zero-order valence-corrected chi connectivity index (χ0v) is 11.2. The van der Waals surface area contributed by atoms with Crippen molar-refractivity contribution < 1.29 is 9.59 Å². The third-order valence-electron chi connectivity index (χ3n) is 3.43. The summed E-state index contributed by atoms with van der Waals surface area (Å²) in [5.41, 5.74) is 3.91. The summed E-state index contributed by atoms with van der Waals surface area (Å²) in [6, 6.07) is 4.04. The van der Waals surface area contributed by atoms with E-state index in [1.807, 2.05) is 32.9 Å². The number of piperidine rings is 1. The highest BCUT2D eigenvalue weighted by atomic mass is 16.2. The molecule has 0 spiro atoms. The molecule has 0 aromatic heterocycles. The number of likely N-dealkylation sites (tertiary alicyclic amines) is 1. The summed E-state index contributed by atoms with van der Waals surface area (Å²) < 4.78 is 0. The maximum atomic E-state index is 12.5. The van der Waals surface area contributed by atoms with Gasteiger partial charge in [0, 0.05) is 18.5 Å². The summed E-state index contributed by atoms with van der Waals surface area (Å²) in [7, 11) is 0. The first-order valence-electron chi connectivity index (χ1n) is 6.38. The lowest BCUT2D eigenvalue weighted by molar-refractivity contribution is -0.121. The molecule has 1 aliphatic heterocycles. The van der Waals surface area contributed by atoms with Gasteiger partial charge in [0.2, 0.25) is 0 Å². The van der Waals surface area contributed by atoms with Crippen LogP contribution in [0.1, 0.15) is 39.9 Å². The number of Topliss-reactive ketones (excluding diaryl/α,β-unsaturated/α-hetero) is 1. The topological polar surface area (TPSA) is 37.4 Å². The molecule has 0 aliphatic carbocycles. The van der Waals surface area contributed by atoms with Crippen LogP contribution in [0.4, 0.5) is 0 Å². The summed E-state index contributed by atoms with van der Waals surface area (Å²) in [6.07, 6.45) is 1.39. The van der Waals surface area contributed by atoms with E-state index in [2.05, 4.69) is 0 Å². The molecule has 0 saturated carbocycles. The molecule has 3 nitrogen and oxygen atoms in total. The van der Waals surface area contributed by atoms with Crippen LogP contribution in [-0.4, -0.2) is 29.7 Å². The van der Waals surface area contributed by atoms with Gasteiger partial charge in [-0.05, 0) is 38.3 Å². The summed E-state index contributed by atoms with van der Waals surface area (Å²) >= 11 is 0. The third-order valence-corrected chi connectivity index (χ3v) is 3.43. The van der Waals surface area contributed by atoms with Crippen LogP contribution in [0, 0.1) is 20.8 Å². The number of aryl methyl sites for hydroxylation is 3. The third kappa shape index (κ3) is 2.45. The minimum absolute atomic E-state index is 0.00181. The summed E-state index contributed by atoms with van der Waals surface area (Å²) in [4.78, 5) is 25.6. The first kappa shape index (κ1) is 12.8. The van der Waals surface area contributed by atoms with Crippen molar-refractivity contribution >= 4 is 11.7 Å². The molecule has 1 aliphatic rings. The van der Waals surface area contributed by atoms with Gasteiger partial charge in [-0.3, -0.25) is 9.59 Å². The second-order valence-electron chi connectivity index (χ2n) is 5.14. The van der Waals surface area contributed by atoms with Gasteiger partial charge in [0.25, 0.3) is 5.91 Å². The SMILES string of the molecule is Cc1cc(C)c(C(=O)N2CCCC(=O)C2)c(C)c1. The fourth-order valence-electron chi connectivity index (χ4n) is 2.69. The van der Waals surface area contributed by atoms with E-state index in [4.69, 9.17) is 0 Å². The molecular weight excluding hydrogens is 226 g/mol. The second-order valence-corrected chi connectivity index (χ2v) is 5.14. The van der Waals surface area contributed by atoms with Crippen LogP contribution in [0.25, 0.3) is 0 Å². The number of rotatable bonds is 1. The molecule has 0 bridgehead atoms. The van der Waals surface area contributed by atoms with E-state index in [1.165, 1.54) is 0 Å². The molecule has 96 valence electrons. The van der Waals surface area contributed by atoms with Crippen molar-refractivity contribution in [2.45, 2.75) is 33.6 Å². The van der Waals surface area contributed by atoms with Gasteiger partial charge in [0.1, 0.15) is 0 Å². The van der Waals surface area contributed by atoms with Gasteiger partial charge in [0.05, 0.1) is 6.54 Å². The van der Waals surface area contributed by atoms with Gasteiger partial charge in [-0.15, -0.1) is 0 Å². The molecule has 18 heavy (non-hydrogen) atoms. The van der Waals surface area contributed by atoms with Gasteiger partial charge in [-0.25, -0.2) is 0 Å². The van der Waals surface area contributed by atoms with Gasteiger partial charge in [-0.1, -0.05) is 17.7 Å². The van der Waals surface area contributed by atoms with Gasteiger partial charge < -0.3 is 4.90 Å². The molecule has 1 fully saturated rings. The van der Waals surface area contributed by atoms with Crippen LogP contribution in [-0.2, 0) is 4.79 Å². The van der Waals surface area contributed by atoms with Crippen molar-refractivity contribution in [3.8, 4) is 0 Å². The van der Waals surface area contributed by atoms with Crippen molar-refractivity contribution in [1.29, 1.82) is 0 Å². The lowest BCUT2D eigenvalue weighted by atomic mass is 9.98. The predicted octanol–water partition coefficient (Wildman–Crippen LogP) is 2.42. The molecule has 1 aromatic rings. The fraction of sp³-hybridized carbons (Fsp3) is 0.467. The van der Waals surface area contributed by atoms with Crippen molar-refractivity contribution in [3.05, 3.63) is 34.4 Å². The zero-order chi connectivity index (χ0) is 13.3. The monoisotopic (exact) mass is 245 g/mol. The Morgan fingerprint density at radius 2 is 1.78 bits per heavy atom. The Morgan fingerprint density at radius 3 is 2.33 bits per heavy atom. The quantitative estimate of drug-likeness (QED) is 0.762. The molecule has 0 atom stereocenters. The average Bonchev–Trinajstić information content (AvgIpc) is 2.27. The molecule has 0 radical (unpaired) electrons. The van der Waals surface area contributed by atoms with Crippen LogP contribution in [0.3, 0.4) is 0 Å². The van der Waals surface area contributed by atoms with Gasteiger partial charge in [0.15, 0.2) is 5.78 Å². The van der Waals surface area contributed by atoms with Gasteiger partial charge in [-0.2, -0.15) is 0 Å². The number of benzene rings is 1. The first-order valence-corrected chi connectivity index (χ1v) is 6.38. The van der Waals surface area contributed by atoms with Crippen molar-refractivity contribution in [1.82, 2.24) is 4.90 Å². The van der Waals surface area contributed by atoms with E-state index >= 15 is 0 Å². The number of nitrogens with zero attached hydrogens (tertiary/aromatic N) is 1. The highest BCUT2D eigenvalue weighted by molar-refractivity contribution is 5.99. The lowest BCUT2D eigenvalue weighted by Gasteiger charge is -2.27. The number of ketones is 1. The number of amides is 1. The maximum absolute atomic E-state index is 12.5. The van der Waals surface area contributed by atoms with E-state index < -0.39 is 0 Å². The van der Waals surface area contributed by atoms with Crippen LogP contribution < -0.4 is 0 Å². The highest BCUT2D eigenvalue weighted by Gasteiger charge is 2.24. The Morgan fingerprint density at radius 1 is 1.17 bits per heavy atom. The van der Waals surface area contributed by atoms with Gasteiger partial charge >= 0.3 is 0 Å². The van der Waals surface area contributed by atoms with E-state index in [1.54, 1.807) is 4.90 Å². The number of carbonyl (C=O) groups is 2. The van der Waals surface area contributed by atoms with Crippen LogP contribution >= 0.6 is 0 Å². The standard InChI is InChI=1S/C15H19NO2/c1-10-7-11(2)14(12(3)8-10)15(18)16-6-4-5-13(17)9-16/h7-8H,4-6,9H2,1-3H3. The van der Waals surface area contributed by atoms with E-state index in [-0.39, 0.29) is 18.2 Å². The minimum Gasteiger partial charge on any atom is -0.331 e. The predicted molar refractivity (Wildman–Crippen MR) is 70.8 cm³/mol. The number of hydrogen-bond acceptors (Lipinski definition) is 2. The van der Waals surface area contributed by atoms with Crippen molar-refractivity contribution in [2.75, 3.05) is 13.1 Å². The van der Waals surface area contributed by atoms with Crippen LogP contribution in [0.5, 0.6) is 0 Å². The first-order chi connectivity index (χ1) is 8.49. The summed E-state index contributed by atoms with van der Waals surface area (Å²) in [5, 5.41) is 0. The summed E-state index contributed by atoms with van der Waals surface area (Å²) in [6.45, 7) is 6.90. The zero-order valence-electron chi connectivity index (χ0n) is 11.2. The summed E-state index contributed by atoms with van der Waals surface area (Å²) in [5.74, 6) is 0.162. The van der Waals surface area contributed by atoms with E-state index in [0.29, 0.717) is 13.0 Å². The van der Waals surface area contributed by atoms with Crippen LogP contribution in [0.2, 0.25) is 0 Å². The Labute approximate surface area is 108 Å². The van der Waals surface area contributed by atoms with E-state index in [0.717, 1.165) is 28.7 Å². The Hall–Kier alpha value is -1.64. The fourth-order valence-corrected chi connectivity index (χ4v) is 2.69. The molecule has 3 heteroatoms. The second kappa shape index (κ2) is 4.92. The normalized spacial score (nSPS) is 15.9. The van der Waals surface area contributed by atoms with E-state index in [9.17, 15) is 9.59 Å². The largest absolute Gasteiger partial charge is 0.331 e.